The van der Waals surface area contributed by atoms with Crippen LogP contribution in [0.3, 0.4) is 0 Å². The molecule has 186 valence electrons. The second-order valence-corrected chi connectivity index (χ2v) is 9.74. The van der Waals surface area contributed by atoms with Crippen molar-refractivity contribution in [2.45, 2.75) is 44.8 Å². The van der Waals surface area contributed by atoms with Crippen LogP contribution in [0.1, 0.15) is 36.9 Å². The van der Waals surface area contributed by atoms with E-state index >= 15 is 0 Å². The summed E-state index contributed by atoms with van der Waals surface area (Å²) in [5.74, 6) is 1.60. The highest BCUT2D eigenvalue weighted by Crippen LogP contribution is 2.29. The minimum Gasteiger partial charge on any atom is -0.491 e. The first-order valence-corrected chi connectivity index (χ1v) is 12.4. The van der Waals surface area contributed by atoms with Crippen LogP contribution in [-0.4, -0.2) is 77.6 Å². The van der Waals surface area contributed by atoms with Gasteiger partial charge in [-0.2, -0.15) is 5.10 Å². The van der Waals surface area contributed by atoms with Crippen LogP contribution >= 0.6 is 11.6 Å². The van der Waals surface area contributed by atoms with E-state index in [1.165, 1.54) is 6.42 Å². The lowest BCUT2D eigenvalue weighted by atomic mass is 9.95. The smallest absolute Gasteiger partial charge is 0.225 e. The lowest BCUT2D eigenvalue weighted by Gasteiger charge is -2.43. The number of hydrogen-bond donors (Lipinski definition) is 0. The van der Waals surface area contributed by atoms with Crippen LogP contribution in [0.2, 0.25) is 5.02 Å². The van der Waals surface area contributed by atoms with Crippen LogP contribution in [0.5, 0.6) is 11.6 Å². The van der Waals surface area contributed by atoms with Crippen LogP contribution in [0, 0.1) is 6.92 Å². The molecule has 0 N–H and O–H groups in total. The van der Waals surface area contributed by atoms with Gasteiger partial charge in [0.1, 0.15) is 18.0 Å². The molecule has 1 atom stereocenters. The number of halogens is 1. The number of benzene rings is 1. The zero-order valence-corrected chi connectivity index (χ0v) is 21.1. The summed E-state index contributed by atoms with van der Waals surface area (Å²) in [4.78, 5) is 17.6. The number of likely N-dealkylation sites (tertiary alicyclic amines) is 1. The Kier molecular flexibility index (Phi) is 8.01. The minimum absolute atomic E-state index is 0.136. The van der Waals surface area contributed by atoms with Gasteiger partial charge in [0.15, 0.2) is 0 Å². The Labute approximate surface area is 206 Å². The molecule has 2 saturated heterocycles. The largest absolute Gasteiger partial charge is 0.491 e. The Morgan fingerprint density at radius 1 is 1.18 bits per heavy atom. The lowest BCUT2D eigenvalue weighted by molar-refractivity contribution is -0.157. The van der Waals surface area contributed by atoms with E-state index < -0.39 is 5.60 Å². The molecule has 2 aliphatic rings. The molecular weight excluding hydrogens is 456 g/mol. The van der Waals surface area contributed by atoms with Crippen molar-refractivity contribution in [3.05, 3.63) is 40.5 Å². The zero-order valence-electron chi connectivity index (χ0n) is 20.4. The minimum atomic E-state index is -0.740. The summed E-state index contributed by atoms with van der Waals surface area (Å²) < 4.78 is 19.8. The highest BCUT2D eigenvalue weighted by atomic mass is 35.5. The van der Waals surface area contributed by atoms with Crippen molar-refractivity contribution in [3.63, 3.8) is 0 Å². The van der Waals surface area contributed by atoms with Crippen molar-refractivity contribution in [3.8, 4) is 11.6 Å². The average molecular weight is 491 g/mol. The fourth-order valence-electron chi connectivity index (χ4n) is 4.92. The topological polar surface area (TPSA) is 69.1 Å². The van der Waals surface area contributed by atoms with Crippen LogP contribution in [0.4, 0.5) is 0 Å². The SMILES string of the molecule is COc1c(CN2CCO[C@@](COc3ccc(Cl)cc3)(CC(=O)N3CCCCC3)C2)c(C)nn1C. The van der Waals surface area contributed by atoms with Crippen molar-refractivity contribution in [1.82, 2.24) is 19.6 Å². The Morgan fingerprint density at radius 3 is 2.62 bits per heavy atom. The van der Waals surface area contributed by atoms with Crippen LogP contribution in [0.25, 0.3) is 0 Å². The van der Waals surface area contributed by atoms with Crippen molar-refractivity contribution in [2.24, 2.45) is 7.05 Å². The molecule has 0 aliphatic carbocycles. The second-order valence-electron chi connectivity index (χ2n) is 9.30. The number of hydrogen-bond acceptors (Lipinski definition) is 6. The van der Waals surface area contributed by atoms with E-state index in [1.807, 2.05) is 31.0 Å². The number of nitrogens with zero attached hydrogens (tertiary/aromatic N) is 4. The summed E-state index contributed by atoms with van der Waals surface area (Å²) in [6, 6.07) is 7.28. The molecule has 2 fully saturated rings. The van der Waals surface area contributed by atoms with E-state index in [0.717, 1.165) is 49.6 Å². The highest BCUT2D eigenvalue weighted by Gasteiger charge is 2.41. The molecule has 34 heavy (non-hydrogen) atoms. The Hall–Kier alpha value is -2.29. The average Bonchev–Trinajstić information content (AvgIpc) is 3.11. The number of amides is 1. The first kappa shape index (κ1) is 24.8. The molecule has 9 heteroatoms. The maximum absolute atomic E-state index is 13.3. The number of piperidine rings is 1. The molecule has 0 spiro atoms. The van der Waals surface area contributed by atoms with E-state index in [0.29, 0.717) is 36.9 Å². The van der Waals surface area contributed by atoms with Gasteiger partial charge in [0.2, 0.25) is 11.8 Å². The Bertz CT molecular complexity index is 974. The van der Waals surface area contributed by atoms with Gasteiger partial charge in [-0.25, -0.2) is 4.68 Å². The predicted molar refractivity (Wildman–Crippen MR) is 130 cm³/mol. The monoisotopic (exact) mass is 490 g/mol. The Balaban J connectivity index is 1.52. The first-order chi connectivity index (χ1) is 16.4. The number of ether oxygens (including phenoxy) is 3. The zero-order chi connectivity index (χ0) is 24.1. The molecule has 4 rings (SSSR count). The maximum Gasteiger partial charge on any atom is 0.225 e. The van der Waals surface area contributed by atoms with Crippen LogP contribution in [-0.2, 0) is 23.1 Å². The third kappa shape index (κ3) is 5.85. The number of carbonyl (C=O) groups excluding carboxylic acids is 1. The summed E-state index contributed by atoms with van der Waals surface area (Å²) in [7, 11) is 3.55. The summed E-state index contributed by atoms with van der Waals surface area (Å²) in [5.41, 5.74) is 1.26. The van der Waals surface area contributed by atoms with E-state index in [-0.39, 0.29) is 12.5 Å². The van der Waals surface area contributed by atoms with Gasteiger partial charge in [0.25, 0.3) is 0 Å². The normalized spacial score (nSPS) is 21.5. The summed E-state index contributed by atoms with van der Waals surface area (Å²) in [6.07, 6.45) is 3.60. The molecule has 2 aliphatic heterocycles. The van der Waals surface area contributed by atoms with Gasteiger partial charge in [-0.1, -0.05) is 11.6 Å². The molecule has 1 amide bonds. The van der Waals surface area contributed by atoms with Gasteiger partial charge in [0.05, 0.1) is 31.4 Å². The molecular formula is C25H35ClN4O4. The highest BCUT2D eigenvalue weighted by molar-refractivity contribution is 6.30. The second kappa shape index (κ2) is 11.0. The van der Waals surface area contributed by atoms with Crippen LogP contribution in [0.15, 0.2) is 24.3 Å². The number of methoxy groups -OCH3 is 1. The van der Waals surface area contributed by atoms with Gasteiger partial charge < -0.3 is 19.1 Å². The van der Waals surface area contributed by atoms with Gasteiger partial charge in [0, 0.05) is 44.8 Å². The molecule has 0 unspecified atom stereocenters. The third-order valence-electron chi connectivity index (χ3n) is 6.69. The first-order valence-electron chi connectivity index (χ1n) is 12.0. The predicted octanol–water partition coefficient (Wildman–Crippen LogP) is 3.44. The summed E-state index contributed by atoms with van der Waals surface area (Å²) >= 11 is 6.02. The third-order valence-corrected chi connectivity index (χ3v) is 6.94. The molecule has 1 aromatic heterocycles. The number of aromatic nitrogens is 2. The van der Waals surface area contributed by atoms with E-state index in [1.54, 1.807) is 23.9 Å². The Morgan fingerprint density at radius 2 is 1.91 bits per heavy atom. The van der Waals surface area contributed by atoms with Crippen molar-refractivity contribution in [1.29, 1.82) is 0 Å². The van der Waals surface area contributed by atoms with E-state index in [9.17, 15) is 4.79 Å². The summed E-state index contributed by atoms with van der Waals surface area (Å²) in [5, 5.41) is 5.17. The van der Waals surface area contributed by atoms with Crippen molar-refractivity contribution >= 4 is 17.5 Å². The van der Waals surface area contributed by atoms with Gasteiger partial charge in [-0.15, -0.1) is 0 Å². The van der Waals surface area contributed by atoms with Crippen LogP contribution < -0.4 is 9.47 Å². The number of aryl methyl sites for hydroxylation is 2. The number of carbonyl (C=O) groups is 1. The summed E-state index contributed by atoms with van der Waals surface area (Å²) in [6.45, 7) is 6.47. The molecule has 0 bridgehead atoms. The molecule has 3 heterocycles. The molecule has 0 radical (unpaired) electrons. The van der Waals surface area contributed by atoms with Crippen molar-refractivity contribution < 1.29 is 19.0 Å². The van der Waals surface area contributed by atoms with E-state index in [4.69, 9.17) is 25.8 Å². The lowest BCUT2D eigenvalue weighted by Crippen LogP contribution is -2.57. The van der Waals surface area contributed by atoms with Gasteiger partial charge >= 0.3 is 0 Å². The number of rotatable bonds is 8. The van der Waals surface area contributed by atoms with Crippen molar-refractivity contribution in [2.75, 3.05) is 46.5 Å². The molecule has 0 saturated carbocycles. The molecule has 1 aromatic carbocycles. The standard InChI is InChI=1S/C25H35ClN4O4/c1-19-22(24(32-3)28(2)27-19)16-29-13-14-34-25(17-29,15-23(31)30-11-5-4-6-12-30)18-33-21-9-7-20(26)8-10-21/h7-10H,4-6,11-18H2,1-3H3/t25-/m0/s1. The van der Waals surface area contributed by atoms with Gasteiger partial charge in [-0.05, 0) is 50.5 Å². The maximum atomic E-state index is 13.3. The quantitative estimate of drug-likeness (QED) is 0.564. The molecule has 2 aromatic rings. The fourth-order valence-corrected chi connectivity index (χ4v) is 5.05. The molecule has 8 nitrogen and oxygen atoms in total. The van der Waals surface area contributed by atoms with E-state index in [2.05, 4.69) is 10.00 Å². The van der Waals surface area contributed by atoms with Gasteiger partial charge in [-0.3, -0.25) is 9.69 Å². The number of morpholine rings is 1. The fraction of sp³-hybridized carbons (Fsp3) is 0.600.